The van der Waals surface area contributed by atoms with E-state index in [1.807, 2.05) is 13.1 Å². The summed E-state index contributed by atoms with van der Waals surface area (Å²) in [5.41, 5.74) is 4.17. The second-order valence-electron chi connectivity index (χ2n) is 4.15. The van der Waals surface area contributed by atoms with Crippen molar-refractivity contribution in [2.24, 2.45) is 0 Å². The first-order valence-corrected chi connectivity index (χ1v) is 5.84. The van der Waals surface area contributed by atoms with Gasteiger partial charge in [0.2, 0.25) is 0 Å². The van der Waals surface area contributed by atoms with E-state index in [9.17, 15) is 0 Å². The van der Waals surface area contributed by atoms with E-state index in [1.165, 1.54) is 16.3 Å². The van der Waals surface area contributed by atoms with Crippen molar-refractivity contribution in [3.8, 4) is 0 Å². The molecule has 0 bridgehead atoms. The molecule has 2 rings (SSSR count). The van der Waals surface area contributed by atoms with Crippen LogP contribution in [0.2, 0.25) is 0 Å². The minimum absolute atomic E-state index is 0.300. The molecule has 0 saturated heterocycles. The lowest BCUT2D eigenvalue weighted by Crippen LogP contribution is -2.24. The van der Waals surface area contributed by atoms with Crippen molar-refractivity contribution in [3.05, 3.63) is 66.4 Å². The Balaban J connectivity index is 2.27. The Labute approximate surface area is 102 Å². The first-order valence-electron chi connectivity index (χ1n) is 5.84. The van der Waals surface area contributed by atoms with Gasteiger partial charge in [0.05, 0.1) is 0 Å². The average Bonchev–Trinajstić information content (AvgIpc) is 2.38. The molecule has 17 heavy (non-hydrogen) atoms. The highest BCUT2D eigenvalue weighted by molar-refractivity contribution is 5.82. The van der Waals surface area contributed by atoms with Gasteiger partial charge in [-0.05, 0) is 35.9 Å². The highest BCUT2D eigenvalue weighted by Gasteiger charge is 2.03. The first kappa shape index (κ1) is 11.7. The minimum atomic E-state index is 0.300. The van der Waals surface area contributed by atoms with E-state index in [0.717, 1.165) is 6.42 Å². The summed E-state index contributed by atoms with van der Waals surface area (Å²) < 4.78 is 0. The van der Waals surface area contributed by atoms with Crippen molar-refractivity contribution < 1.29 is 0 Å². The molecule has 0 heterocycles. The third-order valence-electron chi connectivity index (χ3n) is 2.96. The van der Waals surface area contributed by atoms with Crippen LogP contribution in [0.25, 0.3) is 10.8 Å². The van der Waals surface area contributed by atoms with Gasteiger partial charge in [-0.25, -0.2) is 0 Å². The van der Waals surface area contributed by atoms with Crippen LogP contribution in [0, 0.1) is 0 Å². The van der Waals surface area contributed by atoms with Crippen molar-refractivity contribution in [1.82, 2.24) is 5.32 Å². The van der Waals surface area contributed by atoms with Crippen LogP contribution >= 0.6 is 0 Å². The van der Waals surface area contributed by atoms with E-state index in [4.69, 9.17) is 0 Å². The lowest BCUT2D eigenvalue weighted by molar-refractivity contribution is 0.665. The zero-order valence-corrected chi connectivity index (χ0v) is 10.1. The molecular weight excluding hydrogens is 206 g/mol. The molecule has 0 spiro atoms. The lowest BCUT2D eigenvalue weighted by atomic mass is 10.0. The highest BCUT2D eigenvalue weighted by Crippen LogP contribution is 2.16. The first-order chi connectivity index (χ1) is 8.33. The number of rotatable bonds is 4. The fraction of sp³-hybridized carbons (Fsp3) is 0.188. The molecular formula is C16H17N. The summed E-state index contributed by atoms with van der Waals surface area (Å²) in [6.45, 7) is 3.62. The van der Waals surface area contributed by atoms with Gasteiger partial charge in [-0.15, -0.1) is 5.73 Å². The summed E-state index contributed by atoms with van der Waals surface area (Å²) in [4.78, 5) is 0. The smallest absolute Gasteiger partial charge is 0.0362 e. The summed E-state index contributed by atoms with van der Waals surface area (Å²) in [5.74, 6) is 0. The van der Waals surface area contributed by atoms with Crippen molar-refractivity contribution in [3.63, 3.8) is 0 Å². The van der Waals surface area contributed by atoms with Gasteiger partial charge in [0.1, 0.15) is 0 Å². The van der Waals surface area contributed by atoms with Gasteiger partial charge >= 0.3 is 0 Å². The Morgan fingerprint density at radius 1 is 1.24 bits per heavy atom. The fourth-order valence-corrected chi connectivity index (χ4v) is 2.01. The van der Waals surface area contributed by atoms with Gasteiger partial charge in [0.25, 0.3) is 0 Å². The normalized spacial score (nSPS) is 12.1. The molecule has 1 unspecified atom stereocenters. The van der Waals surface area contributed by atoms with Crippen LogP contribution in [0.1, 0.15) is 5.56 Å². The Kier molecular flexibility index (Phi) is 3.77. The topological polar surface area (TPSA) is 12.0 Å². The fourth-order valence-electron chi connectivity index (χ4n) is 2.01. The van der Waals surface area contributed by atoms with Crippen molar-refractivity contribution in [2.75, 3.05) is 7.05 Å². The molecule has 2 aromatic rings. The van der Waals surface area contributed by atoms with Crippen LogP contribution in [0.4, 0.5) is 0 Å². The zero-order chi connectivity index (χ0) is 12.1. The molecule has 1 nitrogen and oxygen atoms in total. The van der Waals surface area contributed by atoms with Crippen molar-refractivity contribution in [2.45, 2.75) is 12.5 Å². The zero-order valence-electron chi connectivity index (χ0n) is 10.1. The molecule has 0 aromatic heterocycles. The molecule has 2 aromatic carbocycles. The summed E-state index contributed by atoms with van der Waals surface area (Å²) in [6.07, 6.45) is 2.93. The van der Waals surface area contributed by atoms with Gasteiger partial charge in [-0.1, -0.05) is 49.0 Å². The Bertz CT molecular complexity index is 550. The summed E-state index contributed by atoms with van der Waals surface area (Å²) in [6, 6.07) is 15.3. The number of fused-ring (bicyclic) bond motifs is 1. The number of nitrogens with one attached hydrogen (secondary N) is 1. The maximum atomic E-state index is 3.62. The summed E-state index contributed by atoms with van der Waals surface area (Å²) in [7, 11) is 1.96. The van der Waals surface area contributed by atoms with Gasteiger partial charge in [0, 0.05) is 6.04 Å². The molecule has 0 aliphatic rings. The lowest BCUT2D eigenvalue weighted by Gasteiger charge is -2.11. The molecule has 0 fully saturated rings. The summed E-state index contributed by atoms with van der Waals surface area (Å²) >= 11 is 0. The molecule has 0 amide bonds. The van der Waals surface area contributed by atoms with E-state index in [0.29, 0.717) is 6.04 Å². The van der Waals surface area contributed by atoms with Crippen LogP contribution in [0.3, 0.4) is 0 Å². The van der Waals surface area contributed by atoms with Crippen LogP contribution in [0.5, 0.6) is 0 Å². The molecule has 86 valence electrons. The maximum Gasteiger partial charge on any atom is 0.0362 e. The van der Waals surface area contributed by atoms with Crippen LogP contribution in [-0.4, -0.2) is 13.1 Å². The van der Waals surface area contributed by atoms with Crippen LogP contribution in [0.15, 0.2) is 60.9 Å². The minimum Gasteiger partial charge on any atom is -0.313 e. The van der Waals surface area contributed by atoms with Crippen molar-refractivity contribution in [1.29, 1.82) is 0 Å². The number of likely N-dealkylation sites (N-methyl/N-ethyl adjacent to an activating group) is 1. The molecule has 1 heteroatoms. The molecule has 0 radical (unpaired) electrons. The Hall–Kier alpha value is -1.82. The average molecular weight is 223 g/mol. The third-order valence-corrected chi connectivity index (χ3v) is 2.96. The van der Waals surface area contributed by atoms with E-state index in [-0.39, 0.29) is 0 Å². The van der Waals surface area contributed by atoms with Gasteiger partial charge in [0.15, 0.2) is 0 Å². The van der Waals surface area contributed by atoms with E-state index >= 15 is 0 Å². The van der Waals surface area contributed by atoms with Crippen LogP contribution in [-0.2, 0) is 6.42 Å². The summed E-state index contributed by atoms with van der Waals surface area (Å²) in [5, 5.41) is 5.82. The maximum absolute atomic E-state index is 3.62. The Morgan fingerprint density at radius 3 is 2.71 bits per heavy atom. The number of hydrogen-bond donors (Lipinski definition) is 1. The quantitative estimate of drug-likeness (QED) is 0.784. The van der Waals surface area contributed by atoms with E-state index in [1.54, 1.807) is 0 Å². The molecule has 0 aliphatic carbocycles. The molecule has 0 saturated carbocycles. The SMILES string of the molecule is C=C=CC(Cc1ccc2ccccc2c1)NC. The predicted octanol–water partition coefficient (Wildman–Crippen LogP) is 3.31. The standard InChI is InChI=1S/C16H17N/c1-3-6-16(17-2)12-13-9-10-14-7-4-5-8-15(14)11-13/h4-11,16-17H,1,12H2,2H3. The molecule has 1 atom stereocenters. The monoisotopic (exact) mass is 223 g/mol. The second kappa shape index (κ2) is 5.49. The van der Waals surface area contributed by atoms with Gasteiger partial charge in [-0.2, -0.15) is 0 Å². The second-order valence-corrected chi connectivity index (χ2v) is 4.15. The largest absolute Gasteiger partial charge is 0.313 e. The number of hydrogen-bond acceptors (Lipinski definition) is 1. The van der Waals surface area contributed by atoms with E-state index in [2.05, 4.69) is 60.1 Å². The molecule has 0 aliphatic heterocycles. The Morgan fingerprint density at radius 2 is 2.00 bits per heavy atom. The van der Waals surface area contributed by atoms with Crippen molar-refractivity contribution >= 4 is 10.8 Å². The van der Waals surface area contributed by atoms with Crippen LogP contribution < -0.4 is 5.32 Å². The third kappa shape index (κ3) is 2.85. The van der Waals surface area contributed by atoms with Gasteiger partial charge < -0.3 is 5.32 Å². The molecule has 1 N–H and O–H groups in total. The van der Waals surface area contributed by atoms with Gasteiger partial charge in [-0.3, -0.25) is 0 Å². The predicted molar refractivity (Wildman–Crippen MR) is 74.2 cm³/mol. The number of benzene rings is 2. The highest BCUT2D eigenvalue weighted by atomic mass is 14.9. The van der Waals surface area contributed by atoms with E-state index < -0.39 is 0 Å².